The van der Waals surface area contributed by atoms with Crippen LogP contribution in [0.1, 0.15) is 31.5 Å². The Morgan fingerprint density at radius 2 is 2.10 bits per heavy atom. The summed E-state index contributed by atoms with van der Waals surface area (Å²) in [4.78, 5) is 6.85. The fraction of sp³-hybridized carbons (Fsp3) is 0.500. The van der Waals surface area contributed by atoms with Gasteiger partial charge in [-0.05, 0) is 37.9 Å². The Labute approximate surface area is 124 Å². The van der Waals surface area contributed by atoms with Crippen LogP contribution >= 0.6 is 0 Å². The summed E-state index contributed by atoms with van der Waals surface area (Å²) < 4.78 is 5.35. The number of nitrogens with zero attached hydrogens (tertiary/aromatic N) is 3. The maximum absolute atomic E-state index is 9.18. The molecule has 1 aromatic heterocycles. The first kappa shape index (κ1) is 14.2. The largest absolute Gasteiger partial charge is 0.396 e. The molecule has 0 radical (unpaired) electrons. The summed E-state index contributed by atoms with van der Waals surface area (Å²) in [6, 6.07) is 10.2. The second-order valence-electron chi connectivity index (χ2n) is 5.51. The van der Waals surface area contributed by atoms with Gasteiger partial charge in [-0.15, -0.1) is 0 Å². The topological polar surface area (TPSA) is 62.4 Å². The average Bonchev–Trinajstić information content (AvgIpc) is 2.99. The third kappa shape index (κ3) is 3.49. The zero-order valence-corrected chi connectivity index (χ0v) is 12.1. The lowest BCUT2D eigenvalue weighted by atomic mass is 10.00. The van der Waals surface area contributed by atoms with Gasteiger partial charge in [-0.1, -0.05) is 29.8 Å². The lowest BCUT2D eigenvalue weighted by Gasteiger charge is -2.34. The molecule has 21 heavy (non-hydrogen) atoms. The van der Waals surface area contributed by atoms with E-state index in [2.05, 4.69) is 15.0 Å². The molecule has 1 aliphatic rings. The fourth-order valence-electron chi connectivity index (χ4n) is 2.94. The van der Waals surface area contributed by atoms with E-state index in [9.17, 15) is 5.11 Å². The van der Waals surface area contributed by atoms with Gasteiger partial charge in [-0.2, -0.15) is 4.98 Å². The van der Waals surface area contributed by atoms with Crippen molar-refractivity contribution in [2.45, 2.75) is 38.3 Å². The molecule has 5 heteroatoms. The Balaban J connectivity index is 1.69. The van der Waals surface area contributed by atoms with Crippen LogP contribution in [-0.4, -0.2) is 39.3 Å². The molecule has 3 rings (SSSR count). The van der Waals surface area contributed by atoms with Gasteiger partial charge >= 0.3 is 0 Å². The number of rotatable bonds is 5. The third-order valence-corrected chi connectivity index (χ3v) is 4.04. The van der Waals surface area contributed by atoms with Crippen LogP contribution < -0.4 is 0 Å². The summed E-state index contributed by atoms with van der Waals surface area (Å²) in [5, 5.41) is 13.3. The van der Waals surface area contributed by atoms with Crippen LogP contribution in [0.15, 0.2) is 34.9 Å². The van der Waals surface area contributed by atoms with Gasteiger partial charge in [0.05, 0.1) is 6.54 Å². The van der Waals surface area contributed by atoms with E-state index in [1.165, 1.54) is 12.8 Å². The van der Waals surface area contributed by atoms with Crippen LogP contribution in [0.2, 0.25) is 0 Å². The molecule has 0 aliphatic carbocycles. The number of aliphatic hydroxyl groups is 1. The molecular formula is C16H21N3O2. The van der Waals surface area contributed by atoms with Gasteiger partial charge in [0.15, 0.2) is 5.82 Å². The maximum atomic E-state index is 9.18. The number of piperidine rings is 1. The van der Waals surface area contributed by atoms with E-state index in [-0.39, 0.29) is 6.61 Å². The molecule has 1 unspecified atom stereocenters. The molecule has 112 valence electrons. The quantitative estimate of drug-likeness (QED) is 0.915. The predicted octanol–water partition coefficient (Wildman–Crippen LogP) is 2.47. The van der Waals surface area contributed by atoms with E-state index in [1.54, 1.807) is 0 Å². The Kier molecular flexibility index (Phi) is 4.62. The summed E-state index contributed by atoms with van der Waals surface area (Å²) in [5.41, 5.74) is 0.946. The van der Waals surface area contributed by atoms with Crippen LogP contribution in [0.25, 0.3) is 11.5 Å². The highest BCUT2D eigenvalue weighted by Gasteiger charge is 2.23. The number of likely N-dealkylation sites (tertiary alicyclic amines) is 1. The van der Waals surface area contributed by atoms with Crippen molar-refractivity contribution in [1.82, 2.24) is 15.0 Å². The molecule has 0 spiro atoms. The summed E-state index contributed by atoms with van der Waals surface area (Å²) in [6.45, 7) is 1.98. The summed E-state index contributed by atoms with van der Waals surface area (Å²) in [5.74, 6) is 1.29. The molecule has 0 saturated carbocycles. The normalized spacial score (nSPS) is 19.8. The number of hydrogen-bond acceptors (Lipinski definition) is 5. The smallest absolute Gasteiger partial charge is 0.257 e. The Bertz CT molecular complexity index is 554. The van der Waals surface area contributed by atoms with Gasteiger partial charge in [0.25, 0.3) is 5.89 Å². The van der Waals surface area contributed by atoms with Crippen LogP contribution in [-0.2, 0) is 6.54 Å². The second-order valence-corrected chi connectivity index (χ2v) is 5.51. The Morgan fingerprint density at radius 3 is 2.90 bits per heavy atom. The number of benzene rings is 1. The van der Waals surface area contributed by atoms with E-state index in [0.29, 0.717) is 18.5 Å². The van der Waals surface area contributed by atoms with E-state index in [1.807, 2.05) is 30.3 Å². The Hall–Kier alpha value is -1.72. The molecule has 1 N–H and O–H groups in total. The highest BCUT2D eigenvalue weighted by Crippen LogP contribution is 2.22. The minimum atomic E-state index is 0.239. The fourth-order valence-corrected chi connectivity index (χ4v) is 2.94. The van der Waals surface area contributed by atoms with Gasteiger partial charge < -0.3 is 9.63 Å². The van der Waals surface area contributed by atoms with Gasteiger partial charge in [-0.3, -0.25) is 4.90 Å². The lowest BCUT2D eigenvalue weighted by Crippen LogP contribution is -2.39. The van der Waals surface area contributed by atoms with Gasteiger partial charge in [0, 0.05) is 18.2 Å². The molecule has 0 amide bonds. The van der Waals surface area contributed by atoms with Crippen molar-refractivity contribution in [2.75, 3.05) is 13.2 Å². The van der Waals surface area contributed by atoms with Crippen molar-refractivity contribution >= 4 is 0 Å². The molecule has 1 saturated heterocycles. The number of aromatic nitrogens is 2. The molecule has 1 aliphatic heterocycles. The Morgan fingerprint density at radius 1 is 1.24 bits per heavy atom. The van der Waals surface area contributed by atoms with E-state index < -0.39 is 0 Å². The zero-order valence-electron chi connectivity index (χ0n) is 12.1. The van der Waals surface area contributed by atoms with E-state index in [0.717, 1.165) is 30.8 Å². The summed E-state index contributed by atoms with van der Waals surface area (Å²) in [6.07, 6.45) is 4.40. The first-order valence-corrected chi connectivity index (χ1v) is 7.60. The number of aliphatic hydroxyl groups excluding tert-OH is 1. The number of hydrogen-bond donors (Lipinski definition) is 1. The predicted molar refractivity (Wildman–Crippen MR) is 79.5 cm³/mol. The molecule has 5 nitrogen and oxygen atoms in total. The van der Waals surface area contributed by atoms with Crippen LogP contribution in [0.4, 0.5) is 0 Å². The molecule has 0 bridgehead atoms. The van der Waals surface area contributed by atoms with E-state index in [4.69, 9.17) is 4.52 Å². The first-order valence-electron chi connectivity index (χ1n) is 7.60. The highest BCUT2D eigenvalue weighted by molar-refractivity contribution is 5.51. The highest BCUT2D eigenvalue weighted by atomic mass is 16.5. The van der Waals surface area contributed by atoms with Crippen molar-refractivity contribution in [1.29, 1.82) is 0 Å². The van der Waals surface area contributed by atoms with Gasteiger partial charge in [0.2, 0.25) is 0 Å². The second kappa shape index (κ2) is 6.83. The molecule has 1 fully saturated rings. The first-order chi connectivity index (χ1) is 10.4. The molecule has 2 aromatic rings. The molecule has 1 aromatic carbocycles. The maximum Gasteiger partial charge on any atom is 0.257 e. The summed E-state index contributed by atoms with van der Waals surface area (Å²) >= 11 is 0. The van der Waals surface area contributed by atoms with Crippen molar-refractivity contribution in [3.63, 3.8) is 0 Å². The van der Waals surface area contributed by atoms with Crippen molar-refractivity contribution < 1.29 is 9.63 Å². The standard InChI is InChI=1S/C16H21N3O2/c20-11-9-14-8-4-5-10-19(14)12-15-17-16(21-18-15)13-6-2-1-3-7-13/h1-3,6-7,14,20H,4-5,8-12H2. The van der Waals surface area contributed by atoms with Crippen LogP contribution in [0, 0.1) is 0 Å². The molecule has 1 atom stereocenters. The van der Waals surface area contributed by atoms with Crippen LogP contribution in [0.3, 0.4) is 0 Å². The monoisotopic (exact) mass is 287 g/mol. The minimum Gasteiger partial charge on any atom is -0.396 e. The lowest BCUT2D eigenvalue weighted by molar-refractivity contribution is 0.109. The molecule has 2 heterocycles. The SMILES string of the molecule is OCCC1CCCCN1Cc1noc(-c2ccccc2)n1. The van der Waals surface area contributed by atoms with E-state index >= 15 is 0 Å². The third-order valence-electron chi connectivity index (χ3n) is 4.04. The minimum absolute atomic E-state index is 0.239. The van der Waals surface area contributed by atoms with Gasteiger partial charge in [0.1, 0.15) is 0 Å². The van der Waals surface area contributed by atoms with Crippen molar-refractivity contribution in [3.05, 3.63) is 36.2 Å². The average molecular weight is 287 g/mol. The van der Waals surface area contributed by atoms with Crippen molar-refractivity contribution in [2.24, 2.45) is 0 Å². The molecular weight excluding hydrogens is 266 g/mol. The van der Waals surface area contributed by atoms with Crippen LogP contribution in [0.5, 0.6) is 0 Å². The zero-order chi connectivity index (χ0) is 14.5. The van der Waals surface area contributed by atoms with Crippen molar-refractivity contribution in [3.8, 4) is 11.5 Å². The summed E-state index contributed by atoms with van der Waals surface area (Å²) in [7, 11) is 0. The van der Waals surface area contributed by atoms with Gasteiger partial charge in [-0.25, -0.2) is 0 Å².